The first-order chi connectivity index (χ1) is 9.81. The monoisotopic (exact) mass is 311 g/mol. The van der Waals surface area contributed by atoms with E-state index in [0.29, 0.717) is 12.1 Å². The maximum atomic E-state index is 13.2. The molecule has 0 aliphatic rings. The van der Waals surface area contributed by atoms with E-state index >= 15 is 0 Å². The number of ketones is 1. The summed E-state index contributed by atoms with van der Waals surface area (Å²) >= 11 is 0. The number of sulfone groups is 1. The summed E-state index contributed by atoms with van der Waals surface area (Å²) in [6.45, 7) is 0. The number of halogens is 2. The maximum Gasteiger partial charge on any atom is 0.187 e. The summed E-state index contributed by atoms with van der Waals surface area (Å²) < 4.78 is 50.3. The van der Waals surface area contributed by atoms with Crippen LogP contribution in [0.3, 0.4) is 0 Å². The zero-order chi connectivity index (χ0) is 15.6. The van der Waals surface area contributed by atoms with E-state index in [0.717, 1.165) is 0 Å². The average molecular weight is 311 g/mol. The van der Waals surface area contributed by atoms with E-state index in [9.17, 15) is 22.0 Å². The molecule has 0 atom stereocenters. The molecule has 0 fully saturated rings. The van der Waals surface area contributed by atoms with Crippen molar-refractivity contribution in [1.82, 2.24) is 0 Å². The highest BCUT2D eigenvalue weighted by atomic mass is 32.2. The fourth-order valence-corrected chi connectivity index (χ4v) is 3.14. The lowest BCUT2D eigenvalue weighted by Crippen LogP contribution is -2.18. The van der Waals surface area contributed by atoms with Crippen molar-refractivity contribution >= 4 is 21.3 Å². The molecule has 2 N–H and O–H groups in total. The summed E-state index contributed by atoms with van der Waals surface area (Å²) in [4.78, 5) is 11.3. The van der Waals surface area contributed by atoms with Crippen LogP contribution in [-0.2, 0) is 9.84 Å². The van der Waals surface area contributed by atoms with Crippen molar-refractivity contribution in [1.29, 1.82) is 0 Å². The maximum absolute atomic E-state index is 13.2. The molecule has 110 valence electrons. The fourth-order valence-electron chi connectivity index (χ4n) is 1.77. The van der Waals surface area contributed by atoms with E-state index in [-0.39, 0.29) is 5.56 Å². The van der Waals surface area contributed by atoms with Crippen LogP contribution < -0.4 is 5.73 Å². The van der Waals surface area contributed by atoms with E-state index in [2.05, 4.69) is 0 Å². The second-order valence-electron chi connectivity index (χ2n) is 4.35. The van der Waals surface area contributed by atoms with Crippen LogP contribution in [0.5, 0.6) is 0 Å². The highest BCUT2D eigenvalue weighted by Crippen LogP contribution is 2.23. The number of carbonyl (C=O) groups excluding carboxylic acids is 1. The minimum Gasteiger partial charge on any atom is -0.398 e. The van der Waals surface area contributed by atoms with Gasteiger partial charge in [0.1, 0.15) is 5.75 Å². The predicted octanol–water partition coefficient (Wildman–Crippen LogP) is 2.20. The van der Waals surface area contributed by atoms with E-state index in [1.54, 1.807) is 18.2 Å². The smallest absolute Gasteiger partial charge is 0.187 e. The Kier molecular flexibility index (Phi) is 4.04. The Balaban J connectivity index is 2.36. The van der Waals surface area contributed by atoms with Gasteiger partial charge < -0.3 is 5.73 Å². The summed E-state index contributed by atoms with van der Waals surface area (Å²) in [7, 11) is -4.16. The van der Waals surface area contributed by atoms with Crippen molar-refractivity contribution in [2.45, 2.75) is 4.90 Å². The molecule has 0 radical (unpaired) electrons. The molecule has 0 heterocycles. The number of hydrogen-bond acceptors (Lipinski definition) is 4. The van der Waals surface area contributed by atoms with Crippen LogP contribution in [0.4, 0.5) is 14.5 Å². The van der Waals surface area contributed by atoms with Gasteiger partial charge in [-0.1, -0.05) is 30.3 Å². The fraction of sp³-hybridized carbons (Fsp3) is 0.0714. The second-order valence-corrected chi connectivity index (χ2v) is 6.31. The van der Waals surface area contributed by atoms with Crippen LogP contribution in [0.1, 0.15) is 10.4 Å². The minimum atomic E-state index is -4.16. The van der Waals surface area contributed by atoms with E-state index in [4.69, 9.17) is 5.73 Å². The lowest BCUT2D eigenvalue weighted by Gasteiger charge is -2.08. The Morgan fingerprint density at radius 3 is 2.24 bits per heavy atom. The third-order valence-corrected chi connectivity index (χ3v) is 4.47. The normalized spacial score (nSPS) is 11.3. The second kappa shape index (κ2) is 5.61. The van der Waals surface area contributed by atoms with Crippen LogP contribution in [0.2, 0.25) is 0 Å². The first-order valence-corrected chi connectivity index (χ1v) is 7.52. The number of rotatable bonds is 4. The molecule has 2 aromatic rings. The number of Topliss-reactive ketones (excluding diaryl/α,β-unsaturated/α-hetero) is 1. The Morgan fingerprint density at radius 2 is 1.62 bits per heavy atom. The van der Waals surface area contributed by atoms with Crippen LogP contribution >= 0.6 is 0 Å². The van der Waals surface area contributed by atoms with Gasteiger partial charge in [0.25, 0.3) is 0 Å². The molecule has 0 saturated carbocycles. The zero-order valence-electron chi connectivity index (χ0n) is 10.7. The first kappa shape index (κ1) is 15.1. The number of hydrogen-bond donors (Lipinski definition) is 1. The van der Waals surface area contributed by atoms with Crippen LogP contribution in [0.15, 0.2) is 47.4 Å². The molecule has 0 aromatic heterocycles. The molecule has 0 aliphatic carbocycles. The number of benzene rings is 2. The quantitative estimate of drug-likeness (QED) is 0.533. The molecule has 21 heavy (non-hydrogen) atoms. The van der Waals surface area contributed by atoms with Crippen LogP contribution in [0, 0.1) is 11.6 Å². The van der Waals surface area contributed by atoms with Gasteiger partial charge in [0, 0.05) is 11.6 Å². The predicted molar refractivity (Wildman–Crippen MR) is 73.6 cm³/mol. The number of carbonyl (C=O) groups is 1. The van der Waals surface area contributed by atoms with Gasteiger partial charge in [-0.15, -0.1) is 0 Å². The Morgan fingerprint density at radius 1 is 1.05 bits per heavy atom. The average Bonchev–Trinajstić information content (AvgIpc) is 2.43. The highest BCUT2D eigenvalue weighted by Gasteiger charge is 2.24. The molecular weight excluding hydrogens is 300 g/mol. The van der Waals surface area contributed by atoms with Crippen molar-refractivity contribution in [3.8, 4) is 0 Å². The number of nitrogens with two attached hydrogens (primary N) is 1. The van der Waals surface area contributed by atoms with Gasteiger partial charge in [0.2, 0.25) is 0 Å². The zero-order valence-corrected chi connectivity index (χ0v) is 11.5. The largest absolute Gasteiger partial charge is 0.398 e. The van der Waals surface area contributed by atoms with Gasteiger partial charge in [-0.2, -0.15) is 0 Å². The van der Waals surface area contributed by atoms with Crippen molar-refractivity contribution in [3.05, 3.63) is 59.7 Å². The molecule has 0 spiro atoms. The van der Waals surface area contributed by atoms with Gasteiger partial charge in [0.05, 0.1) is 10.6 Å². The minimum absolute atomic E-state index is 0.210. The summed E-state index contributed by atoms with van der Waals surface area (Å²) in [6.07, 6.45) is 0. The molecule has 2 aromatic carbocycles. The number of anilines is 1. The summed E-state index contributed by atoms with van der Waals surface area (Å²) in [6, 6.07) is 8.85. The molecule has 0 saturated heterocycles. The standard InChI is InChI=1S/C14H11F2NO3S/c15-10-6-12(17)14(7-11(10)16)21(19,20)8-13(18)9-4-2-1-3-5-9/h1-7H,8,17H2. The lowest BCUT2D eigenvalue weighted by molar-refractivity contribution is 0.102. The Bertz CT molecular complexity index is 789. The molecule has 0 bridgehead atoms. The Hall–Kier alpha value is -2.28. The van der Waals surface area contributed by atoms with Gasteiger partial charge in [-0.3, -0.25) is 4.79 Å². The first-order valence-electron chi connectivity index (χ1n) is 5.87. The molecule has 0 unspecified atom stereocenters. The third kappa shape index (κ3) is 3.25. The van der Waals surface area contributed by atoms with Crippen molar-refractivity contribution in [2.75, 3.05) is 11.5 Å². The summed E-state index contributed by atoms with van der Waals surface area (Å²) in [5.74, 6) is -4.11. The van der Waals surface area contributed by atoms with E-state index < -0.39 is 43.6 Å². The van der Waals surface area contributed by atoms with Gasteiger partial charge in [-0.25, -0.2) is 17.2 Å². The van der Waals surface area contributed by atoms with Gasteiger partial charge in [0.15, 0.2) is 27.3 Å². The molecule has 0 aliphatic heterocycles. The molecule has 4 nitrogen and oxygen atoms in total. The van der Waals surface area contributed by atoms with Crippen LogP contribution in [0.25, 0.3) is 0 Å². The van der Waals surface area contributed by atoms with E-state index in [1.807, 2.05) is 0 Å². The summed E-state index contributed by atoms with van der Waals surface area (Å²) in [5.41, 5.74) is 5.17. The lowest BCUT2D eigenvalue weighted by atomic mass is 10.2. The van der Waals surface area contributed by atoms with E-state index in [1.165, 1.54) is 12.1 Å². The van der Waals surface area contributed by atoms with Gasteiger partial charge in [-0.05, 0) is 6.07 Å². The molecular formula is C14H11F2NO3S. The number of nitrogen functional groups attached to an aromatic ring is 1. The third-order valence-electron chi connectivity index (χ3n) is 2.80. The van der Waals surface area contributed by atoms with Crippen molar-refractivity contribution in [3.63, 3.8) is 0 Å². The highest BCUT2D eigenvalue weighted by molar-refractivity contribution is 7.92. The topological polar surface area (TPSA) is 77.2 Å². The van der Waals surface area contributed by atoms with Gasteiger partial charge >= 0.3 is 0 Å². The molecule has 0 amide bonds. The van der Waals surface area contributed by atoms with Crippen molar-refractivity contribution in [2.24, 2.45) is 0 Å². The Labute approximate surface area is 120 Å². The SMILES string of the molecule is Nc1cc(F)c(F)cc1S(=O)(=O)CC(=O)c1ccccc1. The summed E-state index contributed by atoms with van der Waals surface area (Å²) in [5, 5.41) is 0. The molecule has 2 rings (SSSR count). The van der Waals surface area contributed by atoms with Crippen molar-refractivity contribution < 1.29 is 22.0 Å². The molecule has 7 heteroatoms. The van der Waals surface area contributed by atoms with Crippen LogP contribution in [-0.4, -0.2) is 20.0 Å².